The highest BCUT2D eigenvalue weighted by Crippen LogP contribution is 1.85. The van der Waals surface area contributed by atoms with Gasteiger partial charge in [-0.2, -0.15) is 5.10 Å². The second-order valence-corrected chi connectivity index (χ2v) is 3.07. The quantitative estimate of drug-likeness (QED) is 0.525. The molecule has 1 N–H and O–H groups in total. The van der Waals surface area contributed by atoms with Crippen molar-refractivity contribution >= 4 is 5.97 Å². The Labute approximate surface area is 89.4 Å². The van der Waals surface area contributed by atoms with Crippen molar-refractivity contribution in [2.24, 2.45) is 0 Å². The molecule has 1 aromatic rings. The molecule has 0 aromatic carbocycles. The lowest BCUT2D eigenvalue weighted by atomic mass is 10.4. The highest BCUT2D eigenvalue weighted by molar-refractivity contribution is 5.69. The minimum Gasteiger partial charge on any atom is -0.466 e. The van der Waals surface area contributed by atoms with Gasteiger partial charge in [0.25, 0.3) is 0 Å². The molecule has 0 spiro atoms. The SMILES string of the molecule is CCOC(=O)CCNCCn1cccn1. The van der Waals surface area contributed by atoms with Crippen LogP contribution in [-0.2, 0) is 16.1 Å². The number of hydrogen-bond donors (Lipinski definition) is 1. The molecule has 0 fully saturated rings. The van der Waals surface area contributed by atoms with Crippen LogP contribution in [0.1, 0.15) is 13.3 Å². The molecule has 5 nitrogen and oxygen atoms in total. The average molecular weight is 211 g/mol. The Kier molecular flexibility index (Phi) is 5.47. The Morgan fingerprint density at radius 2 is 2.40 bits per heavy atom. The first-order chi connectivity index (χ1) is 7.33. The van der Waals surface area contributed by atoms with Crippen molar-refractivity contribution in [3.8, 4) is 0 Å². The van der Waals surface area contributed by atoms with Gasteiger partial charge >= 0.3 is 5.97 Å². The Morgan fingerprint density at radius 1 is 1.53 bits per heavy atom. The molecule has 0 bridgehead atoms. The maximum atomic E-state index is 11.0. The number of aromatic nitrogens is 2. The lowest BCUT2D eigenvalue weighted by Crippen LogP contribution is -2.23. The fraction of sp³-hybridized carbons (Fsp3) is 0.600. The third-order valence-corrected chi connectivity index (χ3v) is 1.89. The second kappa shape index (κ2) is 7.00. The smallest absolute Gasteiger partial charge is 0.307 e. The zero-order valence-corrected chi connectivity index (χ0v) is 8.98. The van der Waals surface area contributed by atoms with Crippen molar-refractivity contribution in [3.05, 3.63) is 18.5 Å². The molecule has 84 valence electrons. The Morgan fingerprint density at radius 3 is 3.07 bits per heavy atom. The molecular weight excluding hydrogens is 194 g/mol. The number of esters is 1. The van der Waals surface area contributed by atoms with Gasteiger partial charge in [-0.25, -0.2) is 0 Å². The molecule has 0 radical (unpaired) electrons. The van der Waals surface area contributed by atoms with Crippen LogP contribution in [0.4, 0.5) is 0 Å². The summed E-state index contributed by atoms with van der Waals surface area (Å²) in [6.07, 6.45) is 4.08. The monoisotopic (exact) mass is 211 g/mol. The van der Waals surface area contributed by atoms with Gasteiger partial charge in [0.1, 0.15) is 0 Å². The molecule has 1 aromatic heterocycles. The van der Waals surface area contributed by atoms with Gasteiger partial charge in [0.15, 0.2) is 0 Å². The summed E-state index contributed by atoms with van der Waals surface area (Å²) in [6, 6.07) is 1.89. The molecule has 5 heteroatoms. The summed E-state index contributed by atoms with van der Waals surface area (Å²) >= 11 is 0. The van der Waals surface area contributed by atoms with E-state index >= 15 is 0 Å². The molecule has 0 aliphatic carbocycles. The highest BCUT2D eigenvalue weighted by atomic mass is 16.5. The number of nitrogens with one attached hydrogen (secondary N) is 1. The first-order valence-electron chi connectivity index (χ1n) is 5.16. The highest BCUT2D eigenvalue weighted by Gasteiger charge is 1.99. The van der Waals surface area contributed by atoms with E-state index in [2.05, 4.69) is 10.4 Å². The van der Waals surface area contributed by atoms with Crippen molar-refractivity contribution in [2.45, 2.75) is 19.9 Å². The first kappa shape index (κ1) is 11.7. The van der Waals surface area contributed by atoms with Crippen LogP contribution in [0.2, 0.25) is 0 Å². The zero-order valence-electron chi connectivity index (χ0n) is 8.98. The third kappa shape index (κ3) is 5.17. The average Bonchev–Trinajstić information content (AvgIpc) is 2.70. The van der Waals surface area contributed by atoms with Gasteiger partial charge in [0.05, 0.1) is 19.6 Å². The Balaban J connectivity index is 1.95. The van der Waals surface area contributed by atoms with E-state index in [1.807, 2.05) is 23.9 Å². The van der Waals surface area contributed by atoms with Crippen LogP contribution in [0.3, 0.4) is 0 Å². The lowest BCUT2D eigenvalue weighted by Gasteiger charge is -2.04. The fourth-order valence-electron chi connectivity index (χ4n) is 1.17. The molecule has 15 heavy (non-hydrogen) atoms. The Hall–Kier alpha value is -1.36. The summed E-state index contributed by atoms with van der Waals surface area (Å²) in [7, 11) is 0. The maximum absolute atomic E-state index is 11.0. The van der Waals surface area contributed by atoms with E-state index in [9.17, 15) is 4.79 Å². The van der Waals surface area contributed by atoms with Gasteiger partial charge in [0.2, 0.25) is 0 Å². The summed E-state index contributed by atoms with van der Waals surface area (Å²) in [6.45, 7) is 4.53. The lowest BCUT2D eigenvalue weighted by molar-refractivity contribution is -0.142. The zero-order chi connectivity index (χ0) is 10.9. The molecule has 0 unspecified atom stereocenters. The molecule has 0 saturated carbocycles. The molecule has 0 aliphatic rings. The maximum Gasteiger partial charge on any atom is 0.307 e. The Bertz CT molecular complexity index is 272. The van der Waals surface area contributed by atoms with Crippen LogP contribution in [0.25, 0.3) is 0 Å². The molecule has 1 heterocycles. The van der Waals surface area contributed by atoms with Gasteiger partial charge in [-0.1, -0.05) is 0 Å². The summed E-state index contributed by atoms with van der Waals surface area (Å²) in [5.74, 6) is -0.149. The largest absolute Gasteiger partial charge is 0.466 e. The predicted molar refractivity (Wildman–Crippen MR) is 56.3 cm³/mol. The van der Waals surface area contributed by atoms with Gasteiger partial charge in [-0.05, 0) is 13.0 Å². The van der Waals surface area contributed by atoms with Crippen LogP contribution >= 0.6 is 0 Å². The molecule has 0 aliphatic heterocycles. The van der Waals surface area contributed by atoms with Crippen LogP contribution < -0.4 is 5.32 Å². The number of hydrogen-bond acceptors (Lipinski definition) is 4. The molecule has 0 atom stereocenters. The van der Waals surface area contributed by atoms with Crippen molar-refractivity contribution in [3.63, 3.8) is 0 Å². The summed E-state index contributed by atoms with van der Waals surface area (Å²) in [5.41, 5.74) is 0. The number of carbonyl (C=O) groups excluding carboxylic acids is 1. The fourth-order valence-corrected chi connectivity index (χ4v) is 1.17. The van der Waals surface area contributed by atoms with Crippen LogP contribution in [0.15, 0.2) is 18.5 Å². The topological polar surface area (TPSA) is 56.1 Å². The number of carbonyl (C=O) groups is 1. The minimum absolute atomic E-state index is 0.149. The van der Waals surface area contributed by atoms with E-state index < -0.39 is 0 Å². The van der Waals surface area contributed by atoms with Gasteiger partial charge in [-0.15, -0.1) is 0 Å². The number of ether oxygens (including phenoxy) is 1. The summed E-state index contributed by atoms with van der Waals surface area (Å²) < 4.78 is 6.64. The van der Waals surface area contributed by atoms with Gasteiger partial charge in [0, 0.05) is 25.5 Å². The van der Waals surface area contributed by atoms with E-state index in [1.165, 1.54) is 0 Å². The summed E-state index contributed by atoms with van der Waals surface area (Å²) in [5, 5.41) is 7.21. The van der Waals surface area contributed by atoms with Crippen molar-refractivity contribution < 1.29 is 9.53 Å². The molecular formula is C10H17N3O2. The van der Waals surface area contributed by atoms with Crippen molar-refractivity contribution in [2.75, 3.05) is 19.7 Å². The number of nitrogens with zero attached hydrogens (tertiary/aromatic N) is 2. The van der Waals surface area contributed by atoms with E-state index in [-0.39, 0.29) is 5.97 Å². The van der Waals surface area contributed by atoms with Crippen molar-refractivity contribution in [1.29, 1.82) is 0 Å². The summed E-state index contributed by atoms with van der Waals surface area (Å²) in [4.78, 5) is 11.0. The number of rotatable bonds is 7. The molecule has 0 saturated heterocycles. The van der Waals surface area contributed by atoms with Gasteiger partial charge in [-0.3, -0.25) is 9.48 Å². The molecule has 0 amide bonds. The van der Waals surface area contributed by atoms with Crippen LogP contribution in [-0.4, -0.2) is 35.4 Å². The first-order valence-corrected chi connectivity index (χ1v) is 5.16. The molecule has 1 rings (SSSR count). The third-order valence-electron chi connectivity index (χ3n) is 1.89. The van der Waals surface area contributed by atoms with Crippen LogP contribution in [0.5, 0.6) is 0 Å². The second-order valence-electron chi connectivity index (χ2n) is 3.07. The van der Waals surface area contributed by atoms with Gasteiger partial charge < -0.3 is 10.1 Å². The standard InChI is InChI=1S/C10H17N3O2/c1-2-15-10(14)4-6-11-7-9-13-8-3-5-12-13/h3,5,8,11H,2,4,6-7,9H2,1H3. The van der Waals surface area contributed by atoms with E-state index in [4.69, 9.17) is 4.74 Å². The van der Waals surface area contributed by atoms with Crippen molar-refractivity contribution in [1.82, 2.24) is 15.1 Å². The normalized spacial score (nSPS) is 10.2. The van der Waals surface area contributed by atoms with Crippen LogP contribution in [0, 0.1) is 0 Å². The van der Waals surface area contributed by atoms with E-state index in [0.29, 0.717) is 19.6 Å². The van der Waals surface area contributed by atoms with E-state index in [1.54, 1.807) is 6.20 Å². The van der Waals surface area contributed by atoms with E-state index in [0.717, 1.165) is 13.1 Å². The minimum atomic E-state index is -0.149. The predicted octanol–water partition coefficient (Wildman–Crippen LogP) is 0.426.